The lowest BCUT2D eigenvalue weighted by Gasteiger charge is -2.23. The molecule has 0 radical (unpaired) electrons. The molecule has 2 heteroatoms. The van der Waals surface area contributed by atoms with Crippen molar-refractivity contribution < 1.29 is 4.42 Å². The number of rotatable bonds is 4. The van der Waals surface area contributed by atoms with Crippen molar-refractivity contribution in [2.24, 2.45) is 0 Å². The Bertz CT molecular complexity index is 2430. The first-order chi connectivity index (χ1) is 25.7. The fourth-order valence-corrected chi connectivity index (χ4v) is 7.49. The molecule has 0 atom stereocenters. The van der Waals surface area contributed by atoms with Crippen molar-refractivity contribution in [3.63, 3.8) is 0 Å². The monoisotopic (exact) mass is 724 g/mol. The molecule has 1 aromatic heterocycles. The van der Waals surface area contributed by atoms with Gasteiger partial charge in [-0.05, 0) is 113 Å². The molecule has 0 aliphatic rings. The van der Waals surface area contributed by atoms with Gasteiger partial charge in [0.1, 0.15) is 11.2 Å². The summed E-state index contributed by atoms with van der Waals surface area (Å²) in [5.41, 5.74) is 15.1. The zero-order chi connectivity index (χ0) is 39.7. The minimum Gasteiger partial charge on any atom is -0.456 e. The maximum Gasteiger partial charge on any atom is 0.200 e. The standard InChI is InChI=1S/C53H56O2/c1-50(2,3)37-19-13-33(14-20-37)41-25-23-39(52(7,8)9)31-43(41)35-17-27-47-45(29-35)49(54)46-30-36(18-28-48(46)55-47)44-32-40(53(10,11)12)24-26-42(44)34-15-21-38(22-16-34)51(4,5)6/h13-32H,1-12H3. The number of fused-ring (bicyclic) bond motifs is 2. The van der Waals surface area contributed by atoms with Crippen molar-refractivity contribution in [1.82, 2.24) is 0 Å². The van der Waals surface area contributed by atoms with E-state index in [2.05, 4.69) is 180 Å². The highest BCUT2D eigenvalue weighted by Crippen LogP contribution is 2.40. The van der Waals surface area contributed by atoms with Crippen LogP contribution in [0.1, 0.15) is 105 Å². The minimum atomic E-state index is -0.0381. The molecule has 0 unspecified atom stereocenters. The number of benzene rings is 6. The van der Waals surface area contributed by atoms with E-state index < -0.39 is 0 Å². The van der Waals surface area contributed by atoms with Crippen LogP contribution >= 0.6 is 0 Å². The summed E-state index contributed by atoms with van der Waals surface area (Å²) in [7, 11) is 0. The zero-order valence-electron chi connectivity index (χ0n) is 34.9. The molecule has 2 nitrogen and oxygen atoms in total. The number of hydrogen-bond donors (Lipinski definition) is 0. The van der Waals surface area contributed by atoms with E-state index in [1.807, 2.05) is 24.3 Å². The molecule has 7 aromatic rings. The van der Waals surface area contributed by atoms with Gasteiger partial charge in [0, 0.05) is 0 Å². The molecular formula is C53H56O2. The summed E-state index contributed by atoms with van der Waals surface area (Å²) in [4.78, 5) is 14.6. The fourth-order valence-electron chi connectivity index (χ4n) is 7.49. The molecule has 0 saturated heterocycles. The van der Waals surface area contributed by atoms with E-state index in [-0.39, 0.29) is 27.1 Å². The third-order valence-electron chi connectivity index (χ3n) is 11.2. The summed E-state index contributed by atoms with van der Waals surface area (Å²) in [5.74, 6) is 0. The van der Waals surface area contributed by atoms with Gasteiger partial charge in [-0.25, -0.2) is 0 Å². The highest BCUT2D eigenvalue weighted by Gasteiger charge is 2.22. The molecule has 6 aromatic carbocycles. The van der Waals surface area contributed by atoms with Gasteiger partial charge in [0.15, 0.2) is 0 Å². The minimum absolute atomic E-state index is 0.0222. The van der Waals surface area contributed by atoms with E-state index >= 15 is 0 Å². The molecule has 280 valence electrons. The molecule has 7 rings (SSSR count). The largest absolute Gasteiger partial charge is 0.456 e. The van der Waals surface area contributed by atoms with E-state index in [1.165, 1.54) is 22.3 Å². The maximum absolute atomic E-state index is 14.6. The summed E-state index contributed by atoms with van der Waals surface area (Å²) >= 11 is 0. The van der Waals surface area contributed by atoms with Crippen molar-refractivity contribution in [3.8, 4) is 44.5 Å². The Balaban J connectivity index is 1.39. The highest BCUT2D eigenvalue weighted by molar-refractivity contribution is 5.96. The van der Waals surface area contributed by atoms with Gasteiger partial charge in [-0.3, -0.25) is 4.79 Å². The summed E-state index contributed by atoms with van der Waals surface area (Å²) in [5, 5.41) is 1.16. The van der Waals surface area contributed by atoms with Gasteiger partial charge in [-0.2, -0.15) is 0 Å². The van der Waals surface area contributed by atoms with Crippen molar-refractivity contribution in [3.05, 3.63) is 154 Å². The lowest BCUT2D eigenvalue weighted by atomic mass is 9.82. The first-order valence-corrected chi connectivity index (χ1v) is 19.7. The second-order valence-corrected chi connectivity index (χ2v) is 19.5. The molecule has 0 aliphatic heterocycles. The quantitative estimate of drug-likeness (QED) is 0.169. The molecule has 0 amide bonds. The van der Waals surface area contributed by atoms with Gasteiger partial charge in [-0.1, -0.05) is 180 Å². The second kappa shape index (κ2) is 13.5. The SMILES string of the molecule is CC(C)(C)c1ccc(-c2ccc(C(C)(C)C)cc2-c2ccc3oc4ccc(-c5cc(C(C)(C)C)ccc5-c5ccc(C(C)(C)C)cc5)cc4c(=O)c3c2)cc1. The Morgan fingerprint density at radius 2 is 0.636 bits per heavy atom. The third-order valence-corrected chi connectivity index (χ3v) is 11.2. The molecule has 55 heavy (non-hydrogen) atoms. The van der Waals surface area contributed by atoms with Crippen LogP contribution in [-0.2, 0) is 21.7 Å². The van der Waals surface area contributed by atoms with Crippen LogP contribution in [0.25, 0.3) is 66.4 Å². The summed E-state index contributed by atoms with van der Waals surface area (Å²) in [6.07, 6.45) is 0. The van der Waals surface area contributed by atoms with Gasteiger partial charge in [0.2, 0.25) is 5.43 Å². The molecular weight excluding hydrogens is 669 g/mol. The first-order valence-electron chi connectivity index (χ1n) is 19.7. The third kappa shape index (κ3) is 7.57. The van der Waals surface area contributed by atoms with Crippen LogP contribution in [0.15, 0.2) is 131 Å². The lowest BCUT2D eigenvalue weighted by Crippen LogP contribution is -2.11. The molecule has 0 saturated carbocycles. The van der Waals surface area contributed by atoms with Gasteiger partial charge in [0.25, 0.3) is 0 Å². The van der Waals surface area contributed by atoms with Crippen molar-refractivity contribution in [2.45, 2.75) is 105 Å². The van der Waals surface area contributed by atoms with Crippen molar-refractivity contribution in [1.29, 1.82) is 0 Å². The predicted molar refractivity (Wildman–Crippen MR) is 237 cm³/mol. The van der Waals surface area contributed by atoms with E-state index in [4.69, 9.17) is 4.42 Å². The number of hydrogen-bond acceptors (Lipinski definition) is 2. The Morgan fingerprint density at radius 3 is 0.964 bits per heavy atom. The zero-order valence-corrected chi connectivity index (χ0v) is 34.9. The summed E-state index contributed by atoms with van der Waals surface area (Å²) in [6, 6.07) is 43.6. The van der Waals surface area contributed by atoms with Crippen LogP contribution in [0.3, 0.4) is 0 Å². The molecule has 0 aliphatic carbocycles. The topological polar surface area (TPSA) is 30.2 Å². The van der Waals surface area contributed by atoms with Crippen LogP contribution in [0.4, 0.5) is 0 Å². The maximum atomic E-state index is 14.6. The first kappa shape index (κ1) is 38.1. The van der Waals surface area contributed by atoms with Gasteiger partial charge < -0.3 is 4.42 Å². The normalized spacial score (nSPS) is 12.8. The summed E-state index contributed by atoms with van der Waals surface area (Å²) in [6.45, 7) is 26.9. The van der Waals surface area contributed by atoms with Gasteiger partial charge >= 0.3 is 0 Å². The van der Waals surface area contributed by atoms with Crippen LogP contribution < -0.4 is 5.43 Å². The Hall–Kier alpha value is -5.21. The van der Waals surface area contributed by atoms with Crippen LogP contribution in [0, 0.1) is 0 Å². The van der Waals surface area contributed by atoms with Gasteiger partial charge in [-0.15, -0.1) is 0 Å². The predicted octanol–water partition coefficient (Wildman–Crippen LogP) is 14.8. The smallest absolute Gasteiger partial charge is 0.200 e. The van der Waals surface area contributed by atoms with Gasteiger partial charge in [0.05, 0.1) is 10.8 Å². The average Bonchev–Trinajstić information content (AvgIpc) is 3.13. The molecule has 0 fully saturated rings. The highest BCUT2D eigenvalue weighted by atomic mass is 16.3. The summed E-state index contributed by atoms with van der Waals surface area (Å²) < 4.78 is 6.48. The van der Waals surface area contributed by atoms with Crippen LogP contribution in [0.5, 0.6) is 0 Å². The lowest BCUT2D eigenvalue weighted by molar-refractivity contribution is 0.590. The van der Waals surface area contributed by atoms with E-state index in [1.54, 1.807) is 0 Å². The fraction of sp³-hybridized carbons (Fsp3) is 0.302. The Labute approximate surface area is 328 Å². The Kier molecular flexibility index (Phi) is 9.36. The molecule has 0 bridgehead atoms. The van der Waals surface area contributed by atoms with E-state index in [0.717, 1.165) is 44.5 Å². The van der Waals surface area contributed by atoms with Crippen molar-refractivity contribution >= 4 is 21.9 Å². The second-order valence-electron chi connectivity index (χ2n) is 19.5. The van der Waals surface area contributed by atoms with Crippen molar-refractivity contribution in [2.75, 3.05) is 0 Å². The molecule has 1 heterocycles. The molecule has 0 spiro atoms. The average molecular weight is 725 g/mol. The van der Waals surface area contributed by atoms with E-state index in [9.17, 15) is 4.79 Å². The molecule has 0 N–H and O–H groups in total. The van der Waals surface area contributed by atoms with E-state index in [0.29, 0.717) is 21.9 Å². The Morgan fingerprint density at radius 1 is 0.327 bits per heavy atom. The van der Waals surface area contributed by atoms with Crippen LogP contribution in [-0.4, -0.2) is 0 Å². The van der Waals surface area contributed by atoms with Crippen LogP contribution in [0.2, 0.25) is 0 Å².